The summed E-state index contributed by atoms with van der Waals surface area (Å²) < 4.78 is 6.48. The topological polar surface area (TPSA) is 58.8 Å². The van der Waals surface area contributed by atoms with Gasteiger partial charge in [0, 0.05) is 0 Å². The molecule has 0 radical (unpaired) electrons. The van der Waals surface area contributed by atoms with Gasteiger partial charge in [0.05, 0.1) is 9.77 Å². The largest absolute Gasteiger partial charge is 0.435 e. The lowest BCUT2D eigenvalue weighted by Gasteiger charge is -2.06. The highest BCUT2D eigenvalue weighted by molar-refractivity contribution is 14.1. The molecule has 0 bridgehead atoms. The molecule has 0 fully saturated rings. The molecule has 1 heterocycles. The van der Waals surface area contributed by atoms with E-state index in [1.807, 2.05) is 30.3 Å². The van der Waals surface area contributed by atoms with Gasteiger partial charge in [-0.1, -0.05) is 12.1 Å². The van der Waals surface area contributed by atoms with Crippen molar-refractivity contribution in [3.8, 4) is 17.7 Å². The Bertz CT molecular complexity index is 551. The Labute approximate surface area is 106 Å². The molecular formula is C11H6IN3O. The van der Waals surface area contributed by atoms with Gasteiger partial charge in [0.15, 0.2) is 0 Å². The second kappa shape index (κ2) is 4.90. The zero-order chi connectivity index (χ0) is 11.4. The molecule has 0 spiro atoms. The average molecular weight is 323 g/mol. The van der Waals surface area contributed by atoms with Crippen LogP contribution in [0, 0.1) is 14.9 Å². The van der Waals surface area contributed by atoms with Crippen LogP contribution in [0.2, 0.25) is 0 Å². The molecule has 78 valence electrons. The van der Waals surface area contributed by atoms with Crippen molar-refractivity contribution in [1.82, 2.24) is 10.2 Å². The molecular weight excluding hydrogens is 317 g/mol. The predicted molar refractivity (Wildman–Crippen MR) is 66.0 cm³/mol. The molecule has 0 saturated heterocycles. The van der Waals surface area contributed by atoms with Gasteiger partial charge in [-0.2, -0.15) is 10.4 Å². The van der Waals surface area contributed by atoms with Crippen LogP contribution in [0.1, 0.15) is 5.56 Å². The number of hydrogen-bond acceptors (Lipinski definition) is 4. The van der Waals surface area contributed by atoms with Crippen molar-refractivity contribution in [3.63, 3.8) is 0 Å². The number of aromatic nitrogens is 2. The molecule has 0 aliphatic carbocycles. The number of hydrogen-bond donors (Lipinski definition) is 0. The van der Waals surface area contributed by atoms with Crippen LogP contribution in [0.3, 0.4) is 0 Å². The van der Waals surface area contributed by atoms with Gasteiger partial charge >= 0.3 is 0 Å². The van der Waals surface area contributed by atoms with Crippen molar-refractivity contribution in [2.75, 3.05) is 0 Å². The summed E-state index contributed by atoms with van der Waals surface area (Å²) in [5, 5.41) is 16.3. The minimum Gasteiger partial charge on any atom is -0.435 e. The highest BCUT2D eigenvalue weighted by atomic mass is 127. The van der Waals surface area contributed by atoms with E-state index in [4.69, 9.17) is 10.00 Å². The Kier molecular flexibility index (Phi) is 3.31. The molecule has 0 aliphatic rings. The van der Waals surface area contributed by atoms with Crippen molar-refractivity contribution < 1.29 is 4.74 Å². The molecule has 1 aromatic heterocycles. The summed E-state index contributed by atoms with van der Waals surface area (Å²) in [6.45, 7) is 0. The molecule has 16 heavy (non-hydrogen) atoms. The molecule has 5 heteroatoms. The van der Waals surface area contributed by atoms with E-state index >= 15 is 0 Å². The third kappa shape index (κ3) is 2.28. The van der Waals surface area contributed by atoms with Crippen LogP contribution in [0.15, 0.2) is 36.5 Å². The summed E-state index contributed by atoms with van der Waals surface area (Å²) in [6.07, 6.45) is 1.46. The Morgan fingerprint density at radius 1 is 1.25 bits per heavy atom. The first-order valence-corrected chi connectivity index (χ1v) is 5.53. The summed E-state index contributed by atoms with van der Waals surface area (Å²) in [5.74, 6) is 0.897. The van der Waals surface area contributed by atoms with Crippen LogP contribution in [0.25, 0.3) is 0 Å². The van der Waals surface area contributed by atoms with Gasteiger partial charge in [0.1, 0.15) is 17.4 Å². The standard InChI is InChI=1S/C11H6IN3O/c12-9-3-1-2-4-10(9)16-11-8(7-13)5-6-14-15-11/h1-6H. The van der Waals surface area contributed by atoms with Crippen molar-refractivity contribution in [2.24, 2.45) is 0 Å². The lowest BCUT2D eigenvalue weighted by molar-refractivity contribution is 0.450. The third-order valence-electron chi connectivity index (χ3n) is 1.85. The molecule has 2 rings (SSSR count). The van der Waals surface area contributed by atoms with Crippen molar-refractivity contribution in [2.45, 2.75) is 0 Å². The van der Waals surface area contributed by atoms with Gasteiger partial charge in [-0.15, -0.1) is 5.10 Å². The lowest BCUT2D eigenvalue weighted by Crippen LogP contribution is -1.94. The fourth-order valence-electron chi connectivity index (χ4n) is 1.11. The van der Waals surface area contributed by atoms with Crippen molar-refractivity contribution in [3.05, 3.63) is 45.7 Å². The number of nitriles is 1. The van der Waals surface area contributed by atoms with E-state index in [9.17, 15) is 0 Å². The predicted octanol–water partition coefficient (Wildman–Crippen LogP) is 2.75. The first kappa shape index (κ1) is 10.8. The zero-order valence-electron chi connectivity index (χ0n) is 8.09. The van der Waals surface area contributed by atoms with E-state index in [0.29, 0.717) is 11.3 Å². The second-order valence-electron chi connectivity index (χ2n) is 2.89. The first-order chi connectivity index (χ1) is 7.81. The molecule has 1 aromatic carbocycles. The second-order valence-corrected chi connectivity index (χ2v) is 4.06. The maximum atomic E-state index is 8.87. The third-order valence-corrected chi connectivity index (χ3v) is 2.74. The zero-order valence-corrected chi connectivity index (χ0v) is 10.2. The number of halogens is 1. The number of ether oxygens (including phenoxy) is 1. The minimum atomic E-state index is 0.231. The Morgan fingerprint density at radius 3 is 2.81 bits per heavy atom. The summed E-state index contributed by atoms with van der Waals surface area (Å²) in [4.78, 5) is 0. The Hall–Kier alpha value is -1.68. The van der Waals surface area contributed by atoms with E-state index in [-0.39, 0.29) is 5.88 Å². The Morgan fingerprint density at radius 2 is 2.06 bits per heavy atom. The lowest BCUT2D eigenvalue weighted by atomic mass is 10.3. The number of nitrogens with zero attached hydrogens (tertiary/aromatic N) is 3. The van der Waals surface area contributed by atoms with E-state index < -0.39 is 0 Å². The highest BCUT2D eigenvalue weighted by Crippen LogP contribution is 2.26. The molecule has 2 aromatic rings. The van der Waals surface area contributed by atoms with Gasteiger partial charge < -0.3 is 4.74 Å². The van der Waals surface area contributed by atoms with Crippen LogP contribution in [-0.4, -0.2) is 10.2 Å². The van der Waals surface area contributed by atoms with E-state index in [0.717, 1.165) is 3.57 Å². The van der Waals surface area contributed by atoms with Gasteiger partial charge in [-0.05, 0) is 40.8 Å². The van der Waals surface area contributed by atoms with Crippen LogP contribution in [-0.2, 0) is 0 Å². The fraction of sp³-hybridized carbons (Fsp3) is 0. The molecule has 0 unspecified atom stereocenters. The maximum absolute atomic E-state index is 8.87. The molecule has 0 aliphatic heterocycles. The van der Waals surface area contributed by atoms with Gasteiger partial charge in [0.2, 0.25) is 0 Å². The smallest absolute Gasteiger partial charge is 0.256 e. The molecule has 0 amide bonds. The summed E-state index contributed by atoms with van der Waals surface area (Å²) in [5.41, 5.74) is 0.370. The summed E-state index contributed by atoms with van der Waals surface area (Å²) in [6, 6.07) is 11.1. The van der Waals surface area contributed by atoms with Crippen LogP contribution < -0.4 is 4.74 Å². The van der Waals surface area contributed by atoms with Crippen LogP contribution in [0.5, 0.6) is 11.6 Å². The minimum absolute atomic E-state index is 0.231. The summed E-state index contributed by atoms with van der Waals surface area (Å²) in [7, 11) is 0. The molecule has 0 atom stereocenters. The van der Waals surface area contributed by atoms with Gasteiger partial charge in [0.25, 0.3) is 5.88 Å². The number of para-hydroxylation sites is 1. The molecule has 0 saturated carbocycles. The van der Waals surface area contributed by atoms with Crippen molar-refractivity contribution in [1.29, 1.82) is 5.26 Å². The highest BCUT2D eigenvalue weighted by Gasteiger charge is 2.07. The van der Waals surface area contributed by atoms with E-state index in [1.165, 1.54) is 6.20 Å². The number of benzene rings is 1. The Balaban J connectivity index is 2.35. The molecule has 4 nitrogen and oxygen atoms in total. The molecule has 0 N–H and O–H groups in total. The SMILES string of the molecule is N#Cc1ccnnc1Oc1ccccc1I. The van der Waals surface area contributed by atoms with Gasteiger partial charge in [-0.3, -0.25) is 0 Å². The number of rotatable bonds is 2. The van der Waals surface area contributed by atoms with Gasteiger partial charge in [-0.25, -0.2) is 0 Å². The van der Waals surface area contributed by atoms with Crippen LogP contribution >= 0.6 is 22.6 Å². The first-order valence-electron chi connectivity index (χ1n) is 4.45. The normalized spacial score (nSPS) is 9.50. The van der Waals surface area contributed by atoms with Crippen molar-refractivity contribution >= 4 is 22.6 Å². The van der Waals surface area contributed by atoms with E-state index in [2.05, 4.69) is 32.8 Å². The average Bonchev–Trinajstić information content (AvgIpc) is 2.33. The summed E-state index contributed by atoms with van der Waals surface area (Å²) >= 11 is 2.15. The quantitative estimate of drug-likeness (QED) is 0.798. The monoisotopic (exact) mass is 323 g/mol. The van der Waals surface area contributed by atoms with E-state index in [1.54, 1.807) is 6.07 Å². The van der Waals surface area contributed by atoms with Crippen LogP contribution in [0.4, 0.5) is 0 Å². The maximum Gasteiger partial charge on any atom is 0.256 e. The fourth-order valence-corrected chi connectivity index (χ4v) is 1.61.